The predicted octanol–water partition coefficient (Wildman–Crippen LogP) is 3.70. The van der Waals surface area contributed by atoms with Gasteiger partial charge in [0, 0.05) is 23.7 Å². The Bertz CT molecular complexity index is 1020. The second-order valence-corrected chi connectivity index (χ2v) is 6.46. The van der Waals surface area contributed by atoms with Gasteiger partial charge in [-0.15, -0.1) is 0 Å². The second kappa shape index (κ2) is 6.67. The van der Waals surface area contributed by atoms with Crippen LogP contribution in [-0.4, -0.2) is 17.6 Å². The molecule has 0 N–H and O–H groups in total. The Labute approximate surface area is 150 Å². The molecule has 132 valence electrons. The Morgan fingerprint density at radius 3 is 2.62 bits per heavy atom. The lowest BCUT2D eigenvalue weighted by Crippen LogP contribution is -2.20. The molecule has 0 amide bonds. The van der Waals surface area contributed by atoms with Crippen LogP contribution in [0.1, 0.15) is 34.8 Å². The van der Waals surface area contributed by atoms with Crippen molar-refractivity contribution in [1.29, 1.82) is 0 Å². The third-order valence-corrected chi connectivity index (χ3v) is 4.60. The fourth-order valence-electron chi connectivity index (χ4n) is 3.07. The van der Waals surface area contributed by atoms with Gasteiger partial charge in [-0.05, 0) is 30.5 Å². The molecule has 5 heteroatoms. The van der Waals surface area contributed by atoms with Gasteiger partial charge in [0.15, 0.2) is 0 Å². The fourth-order valence-corrected chi connectivity index (χ4v) is 3.07. The van der Waals surface area contributed by atoms with Crippen molar-refractivity contribution in [1.82, 2.24) is 4.57 Å². The largest absolute Gasteiger partial charge is 0.489 e. The highest BCUT2D eigenvalue weighted by molar-refractivity contribution is 5.94. The molecule has 1 heterocycles. The predicted molar refractivity (Wildman–Crippen MR) is 98.6 cm³/mol. The standard InChI is InChI=1S/C21H19NO4/c1-25-21(24)18-12-22(15-7-8-15)19-11-16(9-10-17(19)20(18)23)26-13-14-5-3-2-4-6-14/h2-6,9-12,15H,7-8,13H2,1H3. The summed E-state index contributed by atoms with van der Waals surface area (Å²) in [7, 11) is 1.29. The van der Waals surface area contributed by atoms with Gasteiger partial charge in [-0.1, -0.05) is 30.3 Å². The van der Waals surface area contributed by atoms with Crippen LogP contribution in [0.4, 0.5) is 0 Å². The summed E-state index contributed by atoms with van der Waals surface area (Å²) in [6, 6.07) is 15.6. The van der Waals surface area contributed by atoms with Crippen molar-refractivity contribution in [2.45, 2.75) is 25.5 Å². The summed E-state index contributed by atoms with van der Waals surface area (Å²) in [5, 5.41) is 0.506. The van der Waals surface area contributed by atoms with E-state index in [0.29, 0.717) is 23.8 Å². The van der Waals surface area contributed by atoms with Crippen LogP contribution < -0.4 is 10.2 Å². The lowest BCUT2D eigenvalue weighted by molar-refractivity contribution is 0.0598. The van der Waals surface area contributed by atoms with Crippen molar-refractivity contribution < 1.29 is 14.3 Å². The molecule has 1 aliphatic carbocycles. The second-order valence-electron chi connectivity index (χ2n) is 6.46. The van der Waals surface area contributed by atoms with Gasteiger partial charge >= 0.3 is 5.97 Å². The van der Waals surface area contributed by atoms with E-state index in [1.807, 2.05) is 41.0 Å². The lowest BCUT2D eigenvalue weighted by Gasteiger charge is -2.14. The Morgan fingerprint density at radius 1 is 1.15 bits per heavy atom. The first kappa shape index (κ1) is 16.4. The third kappa shape index (κ3) is 3.08. The van der Waals surface area contributed by atoms with Crippen LogP contribution >= 0.6 is 0 Å². The Hall–Kier alpha value is -3.08. The van der Waals surface area contributed by atoms with E-state index in [2.05, 4.69) is 0 Å². The molecular formula is C21H19NO4. The SMILES string of the molecule is COC(=O)c1cn(C2CC2)c2cc(OCc3ccccc3)ccc2c1=O. The zero-order valence-electron chi connectivity index (χ0n) is 14.5. The number of pyridine rings is 1. The number of hydrogen-bond donors (Lipinski definition) is 0. The van der Waals surface area contributed by atoms with Gasteiger partial charge in [0.25, 0.3) is 0 Å². The summed E-state index contributed by atoms with van der Waals surface area (Å²) in [6.07, 6.45) is 3.69. The molecule has 0 saturated heterocycles. The highest BCUT2D eigenvalue weighted by Crippen LogP contribution is 2.37. The first-order valence-corrected chi connectivity index (χ1v) is 8.61. The number of hydrogen-bond acceptors (Lipinski definition) is 4. The molecule has 5 nitrogen and oxygen atoms in total. The summed E-state index contributed by atoms with van der Waals surface area (Å²) in [6.45, 7) is 0.459. The molecule has 0 spiro atoms. The minimum absolute atomic E-state index is 0.0739. The zero-order chi connectivity index (χ0) is 18.1. The molecule has 0 atom stereocenters. The van der Waals surface area contributed by atoms with E-state index in [1.54, 1.807) is 18.3 Å². The highest BCUT2D eigenvalue weighted by atomic mass is 16.5. The van der Waals surface area contributed by atoms with E-state index in [9.17, 15) is 9.59 Å². The number of carbonyl (C=O) groups excluding carboxylic acids is 1. The van der Waals surface area contributed by atoms with Gasteiger partial charge in [-0.2, -0.15) is 0 Å². The third-order valence-electron chi connectivity index (χ3n) is 4.60. The smallest absolute Gasteiger partial charge is 0.343 e. The fraction of sp³-hybridized carbons (Fsp3) is 0.238. The maximum atomic E-state index is 12.7. The number of aromatic nitrogens is 1. The molecule has 3 aromatic rings. The van der Waals surface area contributed by atoms with Crippen LogP contribution in [0.5, 0.6) is 5.75 Å². The summed E-state index contributed by atoms with van der Waals surface area (Å²) < 4.78 is 12.6. The number of carbonyl (C=O) groups is 1. The number of esters is 1. The van der Waals surface area contributed by atoms with E-state index in [-0.39, 0.29) is 11.0 Å². The van der Waals surface area contributed by atoms with Gasteiger partial charge in [0.1, 0.15) is 17.9 Å². The van der Waals surface area contributed by atoms with E-state index < -0.39 is 5.97 Å². The average molecular weight is 349 g/mol. The summed E-state index contributed by atoms with van der Waals surface area (Å²) in [4.78, 5) is 24.6. The Balaban J connectivity index is 1.74. The van der Waals surface area contributed by atoms with E-state index in [0.717, 1.165) is 23.9 Å². The highest BCUT2D eigenvalue weighted by Gasteiger charge is 2.27. The van der Waals surface area contributed by atoms with Crippen LogP contribution in [0.3, 0.4) is 0 Å². The van der Waals surface area contributed by atoms with Crippen molar-refractivity contribution in [3.05, 3.63) is 76.1 Å². The van der Waals surface area contributed by atoms with Crippen molar-refractivity contribution in [2.24, 2.45) is 0 Å². The van der Waals surface area contributed by atoms with E-state index in [1.165, 1.54) is 7.11 Å². The van der Waals surface area contributed by atoms with Crippen LogP contribution in [0.15, 0.2) is 59.5 Å². The normalized spacial score (nSPS) is 13.6. The number of benzene rings is 2. The number of fused-ring (bicyclic) bond motifs is 1. The lowest BCUT2D eigenvalue weighted by atomic mass is 10.1. The quantitative estimate of drug-likeness (QED) is 0.659. The van der Waals surface area contributed by atoms with Crippen LogP contribution in [0.25, 0.3) is 10.9 Å². The summed E-state index contributed by atoms with van der Waals surface area (Å²) in [5.41, 5.74) is 1.63. The van der Waals surface area contributed by atoms with Gasteiger partial charge in [-0.3, -0.25) is 4.79 Å². The summed E-state index contributed by atoms with van der Waals surface area (Å²) in [5.74, 6) is 0.0941. The number of ether oxygens (including phenoxy) is 2. The molecule has 0 radical (unpaired) electrons. The number of methoxy groups -OCH3 is 1. The molecule has 1 aromatic heterocycles. The molecule has 26 heavy (non-hydrogen) atoms. The van der Waals surface area contributed by atoms with Crippen LogP contribution in [0.2, 0.25) is 0 Å². The van der Waals surface area contributed by atoms with Crippen molar-refractivity contribution in [2.75, 3.05) is 7.11 Å². The van der Waals surface area contributed by atoms with Gasteiger partial charge in [0.2, 0.25) is 5.43 Å². The monoisotopic (exact) mass is 349 g/mol. The van der Waals surface area contributed by atoms with Crippen molar-refractivity contribution >= 4 is 16.9 Å². The topological polar surface area (TPSA) is 57.5 Å². The average Bonchev–Trinajstić information content (AvgIpc) is 3.52. The molecule has 1 aliphatic rings. The van der Waals surface area contributed by atoms with Crippen molar-refractivity contribution in [3.63, 3.8) is 0 Å². The number of nitrogens with zero attached hydrogens (tertiary/aromatic N) is 1. The van der Waals surface area contributed by atoms with Gasteiger partial charge in [-0.25, -0.2) is 4.79 Å². The molecule has 0 aliphatic heterocycles. The first-order valence-electron chi connectivity index (χ1n) is 8.61. The maximum absolute atomic E-state index is 12.7. The Kier molecular flexibility index (Phi) is 4.21. The van der Waals surface area contributed by atoms with E-state index in [4.69, 9.17) is 9.47 Å². The molecule has 0 bridgehead atoms. The minimum atomic E-state index is -0.601. The maximum Gasteiger partial charge on any atom is 0.343 e. The molecule has 4 rings (SSSR count). The number of rotatable bonds is 5. The molecule has 1 fully saturated rings. The first-order chi connectivity index (χ1) is 12.7. The van der Waals surface area contributed by atoms with Crippen LogP contribution in [-0.2, 0) is 11.3 Å². The Morgan fingerprint density at radius 2 is 1.92 bits per heavy atom. The zero-order valence-corrected chi connectivity index (χ0v) is 14.5. The minimum Gasteiger partial charge on any atom is -0.489 e. The van der Waals surface area contributed by atoms with Gasteiger partial charge < -0.3 is 14.0 Å². The van der Waals surface area contributed by atoms with Gasteiger partial charge in [0.05, 0.1) is 12.6 Å². The molecule has 1 saturated carbocycles. The van der Waals surface area contributed by atoms with Crippen molar-refractivity contribution in [3.8, 4) is 5.75 Å². The van der Waals surface area contributed by atoms with Crippen LogP contribution in [0, 0.1) is 0 Å². The molecular weight excluding hydrogens is 330 g/mol. The molecule has 0 unspecified atom stereocenters. The summed E-state index contributed by atoms with van der Waals surface area (Å²) >= 11 is 0. The van der Waals surface area contributed by atoms with E-state index >= 15 is 0 Å². The molecule has 2 aromatic carbocycles.